The van der Waals surface area contributed by atoms with Gasteiger partial charge in [0.1, 0.15) is 11.3 Å². The summed E-state index contributed by atoms with van der Waals surface area (Å²) in [4.78, 5) is 52.9. The standard InChI is InChI=1S/C23H33N5O6/c1-23(2,3)34-22(31)27-14-12-25(13-15-27)18-8-7-17(16-19(18)28(32)33)21(30)24-9-5-11-26-10-4-6-20(26)29/h7-8,16H,4-6,9-15H2,1-3H3,(H,24,30). The highest BCUT2D eigenvalue weighted by atomic mass is 16.6. The van der Waals surface area contributed by atoms with E-state index in [1.165, 1.54) is 6.07 Å². The van der Waals surface area contributed by atoms with E-state index in [0.29, 0.717) is 57.8 Å². The molecular formula is C23H33N5O6. The molecule has 1 aromatic carbocycles. The average Bonchev–Trinajstić information content (AvgIpc) is 3.19. The SMILES string of the molecule is CC(C)(C)OC(=O)N1CCN(c2ccc(C(=O)NCCCN3CCCC3=O)cc2[N+](=O)[O-])CC1. The van der Waals surface area contributed by atoms with Crippen LogP contribution in [0.25, 0.3) is 0 Å². The minimum atomic E-state index is -0.588. The van der Waals surface area contributed by atoms with Crippen molar-refractivity contribution in [1.29, 1.82) is 0 Å². The Morgan fingerprint density at radius 2 is 1.85 bits per heavy atom. The summed E-state index contributed by atoms with van der Waals surface area (Å²) in [5, 5.41) is 14.5. The third kappa shape index (κ3) is 6.58. The van der Waals surface area contributed by atoms with Gasteiger partial charge in [-0.05, 0) is 45.7 Å². The maximum absolute atomic E-state index is 12.5. The lowest BCUT2D eigenvalue weighted by molar-refractivity contribution is -0.384. The van der Waals surface area contributed by atoms with E-state index >= 15 is 0 Å². The van der Waals surface area contributed by atoms with Gasteiger partial charge in [-0.1, -0.05) is 0 Å². The summed E-state index contributed by atoms with van der Waals surface area (Å²) >= 11 is 0. The van der Waals surface area contributed by atoms with Crippen molar-refractivity contribution in [2.24, 2.45) is 0 Å². The molecule has 0 bridgehead atoms. The fourth-order valence-corrected chi connectivity index (χ4v) is 4.05. The Bertz CT molecular complexity index is 936. The minimum Gasteiger partial charge on any atom is -0.444 e. The van der Waals surface area contributed by atoms with E-state index in [9.17, 15) is 24.5 Å². The highest BCUT2D eigenvalue weighted by molar-refractivity contribution is 5.95. The van der Waals surface area contributed by atoms with Gasteiger partial charge in [-0.2, -0.15) is 0 Å². The van der Waals surface area contributed by atoms with Crippen molar-refractivity contribution in [3.8, 4) is 0 Å². The first kappa shape index (κ1) is 25.3. The van der Waals surface area contributed by atoms with Crippen LogP contribution in [0.4, 0.5) is 16.2 Å². The van der Waals surface area contributed by atoms with Crippen molar-refractivity contribution in [3.63, 3.8) is 0 Å². The number of benzene rings is 1. The summed E-state index contributed by atoms with van der Waals surface area (Å²) in [5.74, 6) is -0.249. The van der Waals surface area contributed by atoms with Crippen molar-refractivity contribution in [1.82, 2.24) is 15.1 Å². The lowest BCUT2D eigenvalue weighted by atomic mass is 10.1. The molecule has 0 atom stereocenters. The topological polar surface area (TPSA) is 125 Å². The van der Waals surface area contributed by atoms with Crippen molar-refractivity contribution in [3.05, 3.63) is 33.9 Å². The fraction of sp³-hybridized carbons (Fsp3) is 0.609. The predicted molar refractivity (Wildman–Crippen MR) is 126 cm³/mol. The van der Waals surface area contributed by atoms with E-state index in [1.807, 2.05) is 4.90 Å². The van der Waals surface area contributed by atoms with Crippen LogP contribution in [0.2, 0.25) is 0 Å². The van der Waals surface area contributed by atoms with Gasteiger partial charge in [0.2, 0.25) is 5.91 Å². The quantitative estimate of drug-likeness (QED) is 0.365. The number of hydrogen-bond acceptors (Lipinski definition) is 7. The summed E-state index contributed by atoms with van der Waals surface area (Å²) in [6.45, 7) is 8.73. The maximum Gasteiger partial charge on any atom is 0.410 e. The van der Waals surface area contributed by atoms with Crippen LogP contribution in [-0.4, -0.2) is 84.0 Å². The molecule has 2 fully saturated rings. The van der Waals surface area contributed by atoms with Gasteiger partial charge in [-0.25, -0.2) is 4.79 Å². The van der Waals surface area contributed by atoms with E-state index in [-0.39, 0.29) is 17.2 Å². The molecule has 0 spiro atoms. The molecule has 34 heavy (non-hydrogen) atoms. The average molecular weight is 476 g/mol. The third-order valence-electron chi connectivity index (χ3n) is 5.77. The van der Waals surface area contributed by atoms with Gasteiger partial charge in [0.05, 0.1) is 4.92 Å². The van der Waals surface area contributed by atoms with Crippen molar-refractivity contribution >= 4 is 29.3 Å². The normalized spacial score (nSPS) is 16.6. The van der Waals surface area contributed by atoms with Crippen LogP contribution in [0.5, 0.6) is 0 Å². The molecule has 3 amide bonds. The molecule has 0 aliphatic carbocycles. The predicted octanol–water partition coefficient (Wildman–Crippen LogP) is 2.39. The Morgan fingerprint density at radius 1 is 1.15 bits per heavy atom. The molecule has 2 saturated heterocycles. The lowest BCUT2D eigenvalue weighted by Gasteiger charge is -2.36. The summed E-state index contributed by atoms with van der Waals surface area (Å²) in [6, 6.07) is 4.44. The van der Waals surface area contributed by atoms with Crippen LogP contribution in [0.3, 0.4) is 0 Å². The summed E-state index contributed by atoms with van der Waals surface area (Å²) in [5.41, 5.74) is -0.117. The first-order chi connectivity index (χ1) is 16.0. The Kier molecular flexibility index (Phi) is 7.95. The molecule has 0 aromatic heterocycles. The first-order valence-electron chi connectivity index (χ1n) is 11.6. The van der Waals surface area contributed by atoms with Crippen LogP contribution >= 0.6 is 0 Å². The van der Waals surface area contributed by atoms with E-state index in [2.05, 4.69) is 5.32 Å². The molecule has 3 rings (SSSR count). The number of nitro benzene ring substituents is 1. The Morgan fingerprint density at radius 3 is 2.44 bits per heavy atom. The molecule has 11 nitrogen and oxygen atoms in total. The second-order valence-corrected chi connectivity index (χ2v) is 9.51. The number of hydrogen-bond donors (Lipinski definition) is 1. The summed E-state index contributed by atoms with van der Waals surface area (Å²) in [7, 11) is 0. The summed E-state index contributed by atoms with van der Waals surface area (Å²) < 4.78 is 5.39. The molecule has 1 N–H and O–H groups in total. The molecular weight excluding hydrogens is 442 g/mol. The lowest BCUT2D eigenvalue weighted by Crippen LogP contribution is -2.50. The van der Waals surface area contributed by atoms with Crippen LogP contribution in [0, 0.1) is 10.1 Å². The van der Waals surface area contributed by atoms with Crippen molar-refractivity contribution < 1.29 is 24.0 Å². The van der Waals surface area contributed by atoms with Gasteiger partial charge >= 0.3 is 6.09 Å². The number of piperazine rings is 1. The second-order valence-electron chi connectivity index (χ2n) is 9.51. The van der Waals surface area contributed by atoms with E-state index in [1.54, 1.807) is 42.7 Å². The summed E-state index contributed by atoms with van der Waals surface area (Å²) in [6.07, 6.45) is 1.68. The van der Waals surface area contributed by atoms with Gasteiger partial charge in [0.15, 0.2) is 0 Å². The van der Waals surface area contributed by atoms with Crippen LogP contribution in [0.1, 0.15) is 50.4 Å². The molecule has 11 heteroatoms. The molecule has 2 heterocycles. The zero-order valence-electron chi connectivity index (χ0n) is 20.0. The van der Waals surface area contributed by atoms with E-state index in [4.69, 9.17) is 4.74 Å². The molecule has 0 saturated carbocycles. The number of nitrogens with one attached hydrogen (secondary N) is 1. The number of nitro groups is 1. The number of ether oxygens (including phenoxy) is 1. The number of amides is 3. The molecule has 1 aromatic rings. The molecule has 0 unspecified atom stereocenters. The number of nitrogens with zero attached hydrogens (tertiary/aromatic N) is 4. The van der Waals surface area contributed by atoms with E-state index < -0.39 is 22.5 Å². The van der Waals surface area contributed by atoms with E-state index in [0.717, 1.165) is 13.0 Å². The Labute approximate surface area is 199 Å². The fourth-order valence-electron chi connectivity index (χ4n) is 4.05. The Hall–Kier alpha value is -3.37. The smallest absolute Gasteiger partial charge is 0.410 e. The van der Waals surface area contributed by atoms with Gasteiger partial charge in [0, 0.05) is 63.9 Å². The molecule has 2 aliphatic heterocycles. The van der Waals surface area contributed by atoms with Crippen LogP contribution in [-0.2, 0) is 9.53 Å². The van der Waals surface area contributed by atoms with Crippen molar-refractivity contribution in [2.75, 3.05) is 50.7 Å². The monoisotopic (exact) mass is 475 g/mol. The largest absolute Gasteiger partial charge is 0.444 e. The minimum absolute atomic E-state index is 0.143. The first-order valence-corrected chi connectivity index (χ1v) is 11.6. The second kappa shape index (κ2) is 10.7. The van der Waals surface area contributed by atoms with Gasteiger partial charge < -0.3 is 24.8 Å². The highest BCUT2D eigenvalue weighted by Gasteiger charge is 2.29. The Balaban J connectivity index is 1.56. The number of likely N-dealkylation sites (tertiary alicyclic amines) is 1. The van der Waals surface area contributed by atoms with Gasteiger partial charge in [0.25, 0.3) is 11.6 Å². The number of carbonyl (C=O) groups is 3. The number of rotatable bonds is 7. The third-order valence-corrected chi connectivity index (χ3v) is 5.77. The van der Waals surface area contributed by atoms with Crippen LogP contribution in [0.15, 0.2) is 18.2 Å². The number of anilines is 1. The van der Waals surface area contributed by atoms with Crippen molar-refractivity contribution in [2.45, 2.75) is 45.6 Å². The number of carbonyl (C=O) groups excluding carboxylic acids is 3. The molecule has 0 radical (unpaired) electrons. The molecule has 2 aliphatic rings. The maximum atomic E-state index is 12.5. The van der Waals surface area contributed by atoms with Crippen LogP contribution < -0.4 is 10.2 Å². The highest BCUT2D eigenvalue weighted by Crippen LogP contribution is 2.30. The van der Waals surface area contributed by atoms with Gasteiger partial charge in [-0.3, -0.25) is 19.7 Å². The zero-order valence-corrected chi connectivity index (χ0v) is 20.0. The zero-order chi connectivity index (χ0) is 24.9. The molecule has 186 valence electrons. The van der Waals surface area contributed by atoms with Gasteiger partial charge in [-0.15, -0.1) is 0 Å².